The third-order valence-corrected chi connectivity index (χ3v) is 9.27. The first-order valence-electron chi connectivity index (χ1n) is 14.9. The average molecular weight is 782 g/mol. The number of azo groups is 1. The zero-order valence-corrected chi connectivity index (χ0v) is 34.1. The van der Waals surface area contributed by atoms with Gasteiger partial charge in [-0.2, -0.15) is 15.3 Å². The summed E-state index contributed by atoms with van der Waals surface area (Å²) in [5.74, 6) is 0. The van der Waals surface area contributed by atoms with Crippen LogP contribution < -0.4 is 103 Å². The minimum atomic E-state index is -5.34. The van der Waals surface area contributed by atoms with Gasteiger partial charge < -0.3 is 20.6 Å². The van der Waals surface area contributed by atoms with Gasteiger partial charge in [-0.1, -0.05) is 42.5 Å². The first-order chi connectivity index (χ1) is 24.7. The monoisotopic (exact) mass is 781 g/mol. The molecule has 0 aliphatic heterocycles. The fourth-order valence-electron chi connectivity index (χ4n) is 5.05. The minimum absolute atomic E-state index is 0. The van der Waals surface area contributed by atoms with Gasteiger partial charge in [0.15, 0.2) is 0 Å². The molecular weight excluding hydrogens is 757 g/mol. The van der Waals surface area contributed by atoms with Crippen molar-refractivity contribution in [3.63, 3.8) is 0 Å². The molecule has 0 spiro atoms. The van der Waals surface area contributed by atoms with Gasteiger partial charge in [0.25, 0.3) is 0 Å². The molecule has 4 aromatic carbocycles. The zero-order valence-electron chi connectivity index (χ0n) is 28.5. The number of hydrogen-bond acceptors (Lipinski definition) is 16. The fourth-order valence-corrected chi connectivity index (χ4v) is 6.35. The number of hydrogen-bond donors (Lipinski definition) is 5. The van der Waals surface area contributed by atoms with E-state index in [1.807, 2.05) is 12.1 Å². The molecular formula is C34H25N9Na2O7S2. The molecule has 0 radical (unpaired) electrons. The molecule has 0 heterocycles. The summed E-state index contributed by atoms with van der Waals surface area (Å²) in [5.41, 5.74) is 19.8. The number of nitrogens with one attached hydrogen (secondary N) is 3. The third kappa shape index (κ3) is 9.54. The molecule has 0 saturated carbocycles. The SMILES string of the molecule is N=c1c(=NNc2ccc(-c3ccc(N=Nc4ccc(N)cc4N)cc3)cc2)c(S(=O)(=O)[O-])cc2cc(S(=O)(=O)[O-])c(=NNc3ccccc3)c(=O)c1=2.[Na+].[Na+]. The predicted octanol–water partition coefficient (Wildman–Crippen LogP) is -2.95. The summed E-state index contributed by atoms with van der Waals surface area (Å²) >= 11 is 0. The summed E-state index contributed by atoms with van der Waals surface area (Å²) < 4.78 is 73.2. The van der Waals surface area contributed by atoms with Crippen molar-refractivity contribution in [2.75, 3.05) is 22.3 Å². The molecule has 2 aliphatic rings. The second-order valence-electron chi connectivity index (χ2n) is 11.1. The van der Waals surface area contributed by atoms with Gasteiger partial charge in [0, 0.05) is 5.69 Å². The maximum Gasteiger partial charge on any atom is 1.00 e. The van der Waals surface area contributed by atoms with E-state index in [9.17, 15) is 30.7 Å². The number of nitrogen functional groups attached to an aromatic ring is 2. The van der Waals surface area contributed by atoms with Gasteiger partial charge in [0.2, 0.25) is 5.43 Å². The molecule has 0 bridgehead atoms. The van der Waals surface area contributed by atoms with E-state index in [1.165, 1.54) is 0 Å². The molecule has 7 N–H and O–H groups in total. The maximum atomic E-state index is 13.6. The van der Waals surface area contributed by atoms with Crippen LogP contribution >= 0.6 is 0 Å². The van der Waals surface area contributed by atoms with E-state index in [2.05, 4.69) is 31.3 Å². The smallest absolute Gasteiger partial charge is 0.744 e. The number of nitrogens with two attached hydrogens (primary N) is 2. The normalized spacial score (nSPS) is 12.3. The molecule has 6 rings (SSSR count). The van der Waals surface area contributed by atoms with Crippen LogP contribution in [0.1, 0.15) is 0 Å². The van der Waals surface area contributed by atoms with Crippen LogP contribution in [-0.2, 0) is 20.2 Å². The van der Waals surface area contributed by atoms with E-state index in [0.29, 0.717) is 46.3 Å². The van der Waals surface area contributed by atoms with Crippen LogP contribution in [0.25, 0.3) is 11.1 Å². The van der Waals surface area contributed by atoms with Crippen LogP contribution in [0.2, 0.25) is 0 Å². The molecule has 0 fully saturated rings. The van der Waals surface area contributed by atoms with E-state index in [-0.39, 0.29) is 59.1 Å². The van der Waals surface area contributed by atoms with Gasteiger partial charge in [-0.25, -0.2) is 16.8 Å². The second kappa shape index (κ2) is 17.2. The Kier molecular flexibility index (Phi) is 13.5. The fraction of sp³-hybridized carbons (Fsp3) is 0. The summed E-state index contributed by atoms with van der Waals surface area (Å²) in [7, 11) is -10.7. The van der Waals surface area contributed by atoms with Crippen molar-refractivity contribution in [2.24, 2.45) is 20.4 Å². The number of benzene rings is 4. The van der Waals surface area contributed by atoms with Crippen LogP contribution in [0.3, 0.4) is 0 Å². The predicted molar refractivity (Wildman–Crippen MR) is 188 cm³/mol. The maximum absolute atomic E-state index is 13.6. The summed E-state index contributed by atoms with van der Waals surface area (Å²) in [4.78, 5) is 11.5. The Morgan fingerprint density at radius 3 is 1.70 bits per heavy atom. The molecule has 0 saturated heterocycles. The topological polar surface area (TPSA) is 281 Å². The minimum Gasteiger partial charge on any atom is -0.744 e. The van der Waals surface area contributed by atoms with Crippen LogP contribution in [0.4, 0.5) is 34.1 Å². The molecule has 54 heavy (non-hydrogen) atoms. The standard InChI is InChI=1S/C34H27N9O7S2.2Na/c35-22-10-15-27(26(36)18-22)41-38-24-11-6-19(7-12-24)20-8-13-25(14-9-20)40-42-32-28(51(45,46)47)16-21-17-29(52(48,49)50)33(34(44)30(21)31(32)37)43-39-23-4-2-1-3-5-23;;/h1-18,37,39-40H,35-36H2,(H,45,46,47)(H,48,49,50);;/q;2*+1/p-2. The Bertz CT molecular complexity index is 2910. The first kappa shape index (κ1) is 42.1. The molecule has 0 amide bonds. The summed E-state index contributed by atoms with van der Waals surface area (Å²) in [6.07, 6.45) is 0. The van der Waals surface area contributed by atoms with Crippen LogP contribution in [0, 0.1) is 15.8 Å². The van der Waals surface area contributed by atoms with Gasteiger partial charge in [-0.05, 0) is 83.1 Å². The largest absolute Gasteiger partial charge is 1.00 e. The number of rotatable bonds is 9. The van der Waals surface area contributed by atoms with Crippen molar-refractivity contribution in [3.05, 3.63) is 146 Å². The first-order valence-corrected chi connectivity index (χ1v) is 17.7. The van der Waals surface area contributed by atoms with E-state index < -0.39 is 62.0 Å². The van der Waals surface area contributed by atoms with Crippen LogP contribution in [0.15, 0.2) is 144 Å². The van der Waals surface area contributed by atoms with Crippen molar-refractivity contribution in [1.82, 2.24) is 0 Å². The Morgan fingerprint density at radius 1 is 0.630 bits per heavy atom. The zero-order chi connectivity index (χ0) is 37.2. The van der Waals surface area contributed by atoms with Crippen molar-refractivity contribution in [1.29, 1.82) is 5.41 Å². The molecule has 0 unspecified atom stereocenters. The Hall–Kier alpha value is -4.60. The van der Waals surface area contributed by atoms with Gasteiger partial charge in [0.05, 0.1) is 43.1 Å². The van der Waals surface area contributed by atoms with Crippen LogP contribution in [0.5, 0.6) is 0 Å². The molecule has 262 valence electrons. The number of anilines is 4. The summed E-state index contributed by atoms with van der Waals surface area (Å²) in [6.45, 7) is 0. The van der Waals surface area contributed by atoms with Gasteiger partial charge in [0.1, 0.15) is 36.6 Å². The van der Waals surface area contributed by atoms with Gasteiger partial charge in [-0.3, -0.25) is 21.1 Å². The van der Waals surface area contributed by atoms with Gasteiger partial charge >= 0.3 is 59.1 Å². The number of para-hydroxylation sites is 1. The average Bonchev–Trinajstić information content (AvgIpc) is 3.10. The Balaban J connectivity index is 0.00000325. The van der Waals surface area contributed by atoms with E-state index in [1.54, 1.807) is 84.9 Å². The summed E-state index contributed by atoms with van der Waals surface area (Å²) in [5, 5.41) is 21.5. The molecule has 20 heteroatoms. The van der Waals surface area contributed by atoms with Gasteiger partial charge in [-0.15, -0.1) is 5.11 Å². The third-order valence-electron chi connectivity index (χ3n) is 7.57. The van der Waals surface area contributed by atoms with E-state index in [0.717, 1.165) is 11.1 Å². The second-order valence-corrected chi connectivity index (χ2v) is 13.8. The molecule has 0 atom stereocenters. The Morgan fingerprint density at radius 2 is 1.15 bits per heavy atom. The van der Waals surface area contributed by atoms with Crippen molar-refractivity contribution in [2.45, 2.75) is 9.79 Å². The molecule has 16 nitrogen and oxygen atoms in total. The van der Waals surface area contributed by atoms with Crippen LogP contribution in [-0.4, -0.2) is 25.9 Å². The van der Waals surface area contributed by atoms with E-state index >= 15 is 0 Å². The molecule has 4 aromatic rings. The number of nitrogens with zero attached hydrogens (tertiary/aromatic N) is 4. The van der Waals surface area contributed by atoms with E-state index in [4.69, 9.17) is 16.9 Å². The van der Waals surface area contributed by atoms with Crippen molar-refractivity contribution >= 4 is 54.4 Å². The van der Waals surface area contributed by atoms with Crippen molar-refractivity contribution < 1.29 is 85.1 Å². The molecule has 2 aliphatic carbocycles. The summed E-state index contributed by atoms with van der Waals surface area (Å²) in [6, 6.07) is 28.2. The quantitative estimate of drug-likeness (QED) is 0.0325. The van der Waals surface area contributed by atoms with Crippen molar-refractivity contribution in [3.8, 4) is 11.1 Å². The molecule has 0 aromatic heterocycles. The Labute approximate surface area is 351 Å².